The normalized spacial score (nSPS) is 15.5. The number of carboxylic acids is 1. The molecule has 0 aliphatic heterocycles. The predicted octanol–water partition coefficient (Wildman–Crippen LogP) is 1.94. The number of carbonyl (C=O) groups is 1. The van der Waals surface area contributed by atoms with Crippen LogP contribution < -0.4 is 4.74 Å². The molecule has 1 fully saturated rings. The van der Waals surface area contributed by atoms with Gasteiger partial charge in [0.05, 0.1) is 11.6 Å². The summed E-state index contributed by atoms with van der Waals surface area (Å²) in [6, 6.07) is 0. The van der Waals surface area contributed by atoms with Crippen LogP contribution in [-0.2, 0) is 0 Å². The summed E-state index contributed by atoms with van der Waals surface area (Å²) in [4.78, 5) is 15.0. The zero-order valence-electron chi connectivity index (χ0n) is 7.82. The van der Waals surface area contributed by atoms with Crippen molar-refractivity contribution < 1.29 is 14.6 Å². The minimum atomic E-state index is -0.957. The average Bonchev–Trinajstić information content (AvgIpc) is 2.86. The molecule has 0 bridgehead atoms. The fourth-order valence-corrected chi connectivity index (χ4v) is 1.83. The van der Waals surface area contributed by atoms with E-state index in [4.69, 9.17) is 9.84 Å². The van der Waals surface area contributed by atoms with Gasteiger partial charge >= 0.3 is 5.97 Å². The average molecular weight is 213 g/mol. The summed E-state index contributed by atoms with van der Waals surface area (Å²) in [5.41, 5.74) is 0. The Labute approximate surface area is 85.5 Å². The fourth-order valence-electron chi connectivity index (χ4n) is 1.12. The molecule has 1 aliphatic carbocycles. The van der Waals surface area contributed by atoms with Crippen LogP contribution in [0.3, 0.4) is 0 Å². The van der Waals surface area contributed by atoms with Gasteiger partial charge in [0.25, 0.3) is 0 Å². The molecule has 14 heavy (non-hydrogen) atoms. The summed E-state index contributed by atoms with van der Waals surface area (Å²) in [5, 5.41) is 9.58. The molecule has 1 aromatic heterocycles. The minimum Gasteiger partial charge on any atom is -0.477 e. The van der Waals surface area contributed by atoms with Crippen LogP contribution in [-0.4, -0.2) is 22.7 Å². The summed E-state index contributed by atoms with van der Waals surface area (Å²) in [7, 11) is 0. The fraction of sp³-hybridized carbons (Fsp3) is 0.556. The Hall–Kier alpha value is -1.10. The highest BCUT2D eigenvalue weighted by Gasteiger charge is 2.24. The molecule has 0 radical (unpaired) electrons. The quantitative estimate of drug-likeness (QED) is 0.830. The molecule has 0 saturated heterocycles. The third kappa shape index (κ3) is 2.04. The smallest absolute Gasteiger partial charge is 0.351 e. The van der Waals surface area contributed by atoms with Gasteiger partial charge in [-0.25, -0.2) is 9.78 Å². The maximum Gasteiger partial charge on any atom is 0.351 e. The number of thiazole rings is 1. The van der Waals surface area contributed by atoms with E-state index >= 15 is 0 Å². The molecular weight excluding hydrogens is 202 g/mol. The van der Waals surface area contributed by atoms with Crippen molar-refractivity contribution in [3.05, 3.63) is 9.88 Å². The van der Waals surface area contributed by atoms with Crippen molar-refractivity contribution >= 4 is 17.3 Å². The molecular formula is C9H11NO3S. The number of rotatable bonds is 4. The molecule has 0 aromatic carbocycles. The van der Waals surface area contributed by atoms with E-state index in [1.165, 1.54) is 12.8 Å². The zero-order chi connectivity index (χ0) is 10.1. The van der Waals surface area contributed by atoms with Crippen molar-refractivity contribution in [1.82, 2.24) is 4.98 Å². The molecule has 2 rings (SSSR count). The summed E-state index contributed by atoms with van der Waals surface area (Å²) in [6.45, 7) is 2.38. The Morgan fingerprint density at radius 2 is 2.43 bits per heavy atom. The van der Waals surface area contributed by atoms with Crippen molar-refractivity contribution in [2.45, 2.75) is 19.8 Å². The van der Waals surface area contributed by atoms with E-state index in [0.717, 1.165) is 16.3 Å². The first-order chi connectivity index (χ1) is 6.66. The highest BCUT2D eigenvalue weighted by atomic mass is 32.1. The van der Waals surface area contributed by atoms with Crippen LogP contribution >= 0.6 is 11.3 Å². The van der Waals surface area contributed by atoms with Gasteiger partial charge in [-0.15, -0.1) is 11.3 Å². The van der Waals surface area contributed by atoms with E-state index in [1.54, 1.807) is 6.92 Å². The number of ether oxygens (including phenoxy) is 1. The Kier molecular flexibility index (Phi) is 2.41. The molecule has 1 aromatic rings. The lowest BCUT2D eigenvalue weighted by Gasteiger charge is -2.01. The van der Waals surface area contributed by atoms with Crippen LogP contribution in [0.15, 0.2) is 0 Å². The monoisotopic (exact) mass is 213 g/mol. The third-order valence-corrected chi connectivity index (χ3v) is 2.99. The Morgan fingerprint density at radius 3 is 3.00 bits per heavy atom. The number of aryl methyl sites for hydroxylation is 1. The van der Waals surface area contributed by atoms with Gasteiger partial charge in [0.2, 0.25) is 5.88 Å². The summed E-state index contributed by atoms with van der Waals surface area (Å²) in [5.74, 6) is -0.0630. The Morgan fingerprint density at radius 1 is 1.71 bits per heavy atom. The van der Waals surface area contributed by atoms with Crippen LogP contribution in [0.5, 0.6) is 5.88 Å². The second-order valence-corrected chi connectivity index (χ2v) is 4.63. The maximum absolute atomic E-state index is 10.8. The van der Waals surface area contributed by atoms with Crippen molar-refractivity contribution in [1.29, 1.82) is 0 Å². The summed E-state index contributed by atoms with van der Waals surface area (Å²) in [6.07, 6.45) is 2.37. The van der Waals surface area contributed by atoms with Gasteiger partial charge in [-0.3, -0.25) is 0 Å². The summed E-state index contributed by atoms with van der Waals surface area (Å²) >= 11 is 1.16. The Bertz CT molecular complexity index is 357. The number of hydrogen-bond acceptors (Lipinski definition) is 4. The van der Waals surface area contributed by atoms with Gasteiger partial charge in [-0.05, 0) is 25.7 Å². The molecule has 1 heterocycles. The first-order valence-corrected chi connectivity index (χ1v) is 5.32. The lowest BCUT2D eigenvalue weighted by atomic mass is 10.4. The largest absolute Gasteiger partial charge is 0.477 e. The highest BCUT2D eigenvalue weighted by Crippen LogP contribution is 2.31. The first-order valence-electron chi connectivity index (χ1n) is 4.50. The van der Waals surface area contributed by atoms with Crippen LogP contribution in [0.25, 0.3) is 0 Å². The molecule has 4 nitrogen and oxygen atoms in total. The van der Waals surface area contributed by atoms with E-state index in [9.17, 15) is 4.79 Å². The molecule has 0 atom stereocenters. The SMILES string of the molecule is Cc1nc(OCC2CC2)c(C(=O)O)s1. The number of aromatic nitrogens is 1. The minimum absolute atomic E-state index is 0.211. The molecule has 1 aliphatic rings. The van der Waals surface area contributed by atoms with Gasteiger partial charge < -0.3 is 9.84 Å². The zero-order valence-corrected chi connectivity index (χ0v) is 8.63. The third-order valence-electron chi connectivity index (χ3n) is 2.05. The van der Waals surface area contributed by atoms with E-state index in [1.807, 2.05) is 0 Å². The highest BCUT2D eigenvalue weighted by molar-refractivity contribution is 7.13. The second-order valence-electron chi connectivity index (χ2n) is 3.43. The van der Waals surface area contributed by atoms with Gasteiger partial charge in [0.15, 0.2) is 4.88 Å². The molecule has 0 unspecified atom stereocenters. The molecule has 0 spiro atoms. The van der Waals surface area contributed by atoms with Crippen LogP contribution in [0.1, 0.15) is 27.5 Å². The number of nitrogens with zero attached hydrogens (tertiary/aromatic N) is 1. The number of carboxylic acid groups (broad SMARTS) is 1. The second kappa shape index (κ2) is 3.57. The number of aromatic carboxylic acids is 1. The van der Waals surface area contributed by atoms with Crippen molar-refractivity contribution in [2.75, 3.05) is 6.61 Å². The van der Waals surface area contributed by atoms with Crippen LogP contribution in [0.2, 0.25) is 0 Å². The Balaban J connectivity index is 2.09. The lowest BCUT2D eigenvalue weighted by Crippen LogP contribution is -2.03. The predicted molar refractivity (Wildman–Crippen MR) is 52.0 cm³/mol. The van der Waals surface area contributed by atoms with Gasteiger partial charge in [0, 0.05) is 0 Å². The van der Waals surface area contributed by atoms with Crippen LogP contribution in [0.4, 0.5) is 0 Å². The molecule has 76 valence electrons. The van der Waals surface area contributed by atoms with Crippen molar-refractivity contribution in [2.24, 2.45) is 5.92 Å². The molecule has 0 amide bonds. The van der Waals surface area contributed by atoms with E-state index in [-0.39, 0.29) is 10.8 Å². The van der Waals surface area contributed by atoms with Gasteiger partial charge in [-0.1, -0.05) is 0 Å². The molecule has 1 saturated carbocycles. The first kappa shape index (κ1) is 9.45. The van der Waals surface area contributed by atoms with Crippen LogP contribution in [0, 0.1) is 12.8 Å². The standard InChI is InChI=1S/C9H11NO3S/c1-5-10-8(7(14-5)9(11)12)13-4-6-2-3-6/h6H,2-4H2,1H3,(H,11,12). The summed E-state index contributed by atoms with van der Waals surface area (Å²) < 4.78 is 5.36. The van der Waals surface area contributed by atoms with E-state index < -0.39 is 5.97 Å². The number of hydrogen-bond donors (Lipinski definition) is 1. The molecule has 5 heteroatoms. The topological polar surface area (TPSA) is 59.4 Å². The van der Waals surface area contributed by atoms with Gasteiger partial charge in [0.1, 0.15) is 0 Å². The lowest BCUT2D eigenvalue weighted by molar-refractivity contribution is 0.0697. The van der Waals surface area contributed by atoms with E-state index in [0.29, 0.717) is 12.5 Å². The van der Waals surface area contributed by atoms with Gasteiger partial charge in [-0.2, -0.15) is 0 Å². The van der Waals surface area contributed by atoms with E-state index in [2.05, 4.69) is 4.98 Å². The maximum atomic E-state index is 10.8. The van der Waals surface area contributed by atoms with Crippen molar-refractivity contribution in [3.63, 3.8) is 0 Å². The van der Waals surface area contributed by atoms with Crippen molar-refractivity contribution in [3.8, 4) is 5.88 Å². The molecule has 1 N–H and O–H groups in total.